The number of hydrogen-bond donors (Lipinski definition) is 0. The molecule has 3 heterocycles. The molecule has 33 heavy (non-hydrogen) atoms. The van der Waals surface area contributed by atoms with Crippen molar-refractivity contribution in [2.24, 2.45) is 5.41 Å². The second-order valence-electron chi connectivity index (χ2n) is 8.61. The monoisotopic (exact) mass is 475 g/mol. The molecule has 0 atom stereocenters. The van der Waals surface area contributed by atoms with Gasteiger partial charge in [-0.15, -0.1) is 0 Å². The van der Waals surface area contributed by atoms with E-state index in [1.54, 1.807) is 30.3 Å². The van der Waals surface area contributed by atoms with Crippen molar-refractivity contribution in [2.75, 3.05) is 39.9 Å². The van der Waals surface area contributed by atoms with Gasteiger partial charge in [0.15, 0.2) is 11.6 Å². The first-order chi connectivity index (χ1) is 15.9. The predicted octanol–water partition coefficient (Wildman–Crippen LogP) is 3.81. The van der Waals surface area contributed by atoms with Crippen molar-refractivity contribution in [3.05, 3.63) is 52.9 Å². The number of carbonyl (C=O) groups excluding carboxylic acids is 2. The molecule has 0 aliphatic carbocycles. The maximum atomic E-state index is 13.6. The molecule has 0 radical (unpaired) electrons. The summed E-state index contributed by atoms with van der Waals surface area (Å²) in [5, 5.41) is 0.218. The lowest BCUT2D eigenvalue weighted by atomic mass is 9.77. The Bertz CT molecular complexity index is 1030. The number of carbonyl (C=O) groups is 2. The van der Waals surface area contributed by atoms with Crippen molar-refractivity contribution < 1.29 is 23.5 Å². The van der Waals surface area contributed by atoms with Crippen LogP contribution in [0.4, 0.5) is 4.39 Å². The number of aromatic nitrogens is 1. The van der Waals surface area contributed by atoms with Gasteiger partial charge in [0, 0.05) is 37.8 Å². The maximum Gasteiger partial charge on any atom is 0.254 e. The molecule has 176 valence electrons. The Kier molecular flexibility index (Phi) is 7.02. The Morgan fingerprint density at radius 3 is 2.52 bits per heavy atom. The number of halogens is 2. The first kappa shape index (κ1) is 23.3. The molecule has 9 heteroatoms. The van der Waals surface area contributed by atoms with Crippen molar-refractivity contribution in [3.8, 4) is 11.6 Å². The fourth-order valence-electron chi connectivity index (χ4n) is 4.59. The van der Waals surface area contributed by atoms with Crippen molar-refractivity contribution in [1.82, 2.24) is 14.8 Å². The van der Waals surface area contributed by atoms with E-state index in [1.807, 2.05) is 9.80 Å². The first-order valence-electron chi connectivity index (χ1n) is 11.1. The molecular weight excluding hydrogens is 449 g/mol. The molecule has 2 aliphatic rings. The van der Waals surface area contributed by atoms with E-state index in [0.717, 1.165) is 19.3 Å². The van der Waals surface area contributed by atoms with Crippen LogP contribution in [0.25, 0.3) is 0 Å². The van der Waals surface area contributed by atoms with E-state index in [0.29, 0.717) is 37.6 Å². The number of hydrogen-bond acceptors (Lipinski definition) is 5. The number of likely N-dealkylation sites (tertiary alicyclic amines) is 2. The molecule has 2 fully saturated rings. The predicted molar refractivity (Wildman–Crippen MR) is 121 cm³/mol. The lowest BCUT2D eigenvalue weighted by molar-refractivity contribution is -0.131. The van der Waals surface area contributed by atoms with E-state index in [-0.39, 0.29) is 41.2 Å². The van der Waals surface area contributed by atoms with Gasteiger partial charge in [0.1, 0.15) is 5.15 Å². The van der Waals surface area contributed by atoms with Gasteiger partial charge in [0.05, 0.1) is 20.1 Å². The fraction of sp³-hybridized carbons (Fsp3) is 0.458. The minimum atomic E-state index is -0.432. The summed E-state index contributed by atoms with van der Waals surface area (Å²) < 4.78 is 24.2. The zero-order valence-electron chi connectivity index (χ0n) is 18.6. The van der Waals surface area contributed by atoms with Crippen LogP contribution in [0.1, 0.15) is 36.0 Å². The van der Waals surface area contributed by atoms with Crippen LogP contribution in [-0.4, -0.2) is 66.5 Å². The zero-order valence-corrected chi connectivity index (χ0v) is 19.3. The summed E-state index contributed by atoms with van der Waals surface area (Å²) in [4.78, 5) is 33.3. The van der Waals surface area contributed by atoms with E-state index >= 15 is 0 Å². The molecule has 0 N–H and O–H groups in total. The summed E-state index contributed by atoms with van der Waals surface area (Å²) in [6.07, 6.45) is 2.80. The second kappa shape index (κ2) is 9.95. The normalized spacial score (nSPS) is 17.3. The molecule has 0 bridgehead atoms. The minimum absolute atomic E-state index is 0.0141. The van der Waals surface area contributed by atoms with E-state index in [2.05, 4.69) is 4.98 Å². The highest BCUT2D eigenvalue weighted by molar-refractivity contribution is 6.29. The topological polar surface area (TPSA) is 72.0 Å². The van der Waals surface area contributed by atoms with Crippen LogP contribution in [0.5, 0.6) is 11.6 Å². The number of rotatable bonds is 6. The molecule has 2 amide bonds. The highest BCUT2D eigenvalue weighted by Crippen LogP contribution is 2.41. The Balaban J connectivity index is 1.27. The Morgan fingerprint density at radius 1 is 1.12 bits per heavy atom. The maximum absolute atomic E-state index is 13.6. The molecule has 7 nitrogen and oxygen atoms in total. The molecule has 4 rings (SSSR count). The summed E-state index contributed by atoms with van der Waals surface area (Å²) in [6, 6.07) is 9.32. The lowest BCUT2D eigenvalue weighted by Gasteiger charge is -2.39. The van der Waals surface area contributed by atoms with Crippen molar-refractivity contribution >= 4 is 23.4 Å². The molecule has 1 aromatic carbocycles. The second-order valence-corrected chi connectivity index (χ2v) is 8.99. The fourth-order valence-corrected chi connectivity index (χ4v) is 4.79. The summed E-state index contributed by atoms with van der Waals surface area (Å²) in [7, 11) is 1.48. The smallest absolute Gasteiger partial charge is 0.254 e. The van der Waals surface area contributed by atoms with Gasteiger partial charge in [0.2, 0.25) is 11.8 Å². The molecular formula is C24H27ClFN3O4. The van der Waals surface area contributed by atoms with Gasteiger partial charge in [-0.05, 0) is 42.9 Å². The third-order valence-electron chi connectivity index (χ3n) is 6.54. The quantitative estimate of drug-likeness (QED) is 0.594. The van der Waals surface area contributed by atoms with Crippen LogP contribution < -0.4 is 9.47 Å². The van der Waals surface area contributed by atoms with Crippen LogP contribution in [-0.2, 0) is 4.79 Å². The standard InChI is InChI=1S/C24H27ClFN3O4/c1-32-21-15-17(14-20(25)27-21)23(31)28-10-7-24(8-11-28)9-12-29(16-24)22(30)6-13-33-19-5-3-2-4-18(19)26/h2-5,14-15H,6-13,16H2,1H3. The molecule has 0 saturated carbocycles. The highest BCUT2D eigenvalue weighted by atomic mass is 35.5. The number of methoxy groups -OCH3 is 1. The van der Waals surface area contributed by atoms with Gasteiger partial charge >= 0.3 is 0 Å². The van der Waals surface area contributed by atoms with E-state index in [1.165, 1.54) is 13.2 Å². The largest absolute Gasteiger partial charge is 0.490 e. The third-order valence-corrected chi connectivity index (χ3v) is 6.73. The molecule has 2 saturated heterocycles. The third kappa shape index (κ3) is 5.38. The SMILES string of the molecule is COc1cc(C(=O)N2CCC3(CCN(C(=O)CCOc4ccccc4F)C3)CC2)cc(Cl)n1. The Morgan fingerprint density at radius 2 is 1.82 bits per heavy atom. The van der Waals surface area contributed by atoms with Gasteiger partial charge in [-0.3, -0.25) is 9.59 Å². The Labute approximate surface area is 197 Å². The van der Waals surface area contributed by atoms with Crippen LogP contribution >= 0.6 is 11.6 Å². The van der Waals surface area contributed by atoms with E-state index in [9.17, 15) is 14.0 Å². The van der Waals surface area contributed by atoms with E-state index in [4.69, 9.17) is 21.1 Å². The van der Waals surface area contributed by atoms with Gasteiger partial charge in [-0.2, -0.15) is 0 Å². The van der Waals surface area contributed by atoms with Gasteiger partial charge < -0.3 is 19.3 Å². The first-order valence-corrected chi connectivity index (χ1v) is 11.4. The molecule has 1 spiro atoms. The summed E-state index contributed by atoms with van der Waals surface area (Å²) >= 11 is 6.01. The Hall–Kier alpha value is -2.87. The molecule has 2 aliphatic heterocycles. The average Bonchev–Trinajstić information content (AvgIpc) is 3.23. The van der Waals surface area contributed by atoms with Crippen LogP contribution in [0, 0.1) is 11.2 Å². The highest BCUT2D eigenvalue weighted by Gasteiger charge is 2.42. The number of nitrogens with zero attached hydrogens (tertiary/aromatic N) is 3. The van der Waals surface area contributed by atoms with Crippen molar-refractivity contribution in [3.63, 3.8) is 0 Å². The summed E-state index contributed by atoms with van der Waals surface area (Å²) in [6.45, 7) is 2.77. The van der Waals surface area contributed by atoms with Crippen LogP contribution in [0.15, 0.2) is 36.4 Å². The van der Waals surface area contributed by atoms with Gasteiger partial charge in [-0.1, -0.05) is 23.7 Å². The number of benzene rings is 1. The molecule has 2 aromatic rings. The lowest BCUT2D eigenvalue weighted by Crippen LogP contribution is -2.44. The summed E-state index contributed by atoms with van der Waals surface area (Å²) in [5.41, 5.74) is 0.493. The average molecular weight is 476 g/mol. The minimum Gasteiger partial charge on any atom is -0.490 e. The van der Waals surface area contributed by atoms with Gasteiger partial charge in [0.25, 0.3) is 5.91 Å². The van der Waals surface area contributed by atoms with Crippen LogP contribution in [0.2, 0.25) is 5.15 Å². The number of pyridine rings is 1. The molecule has 0 unspecified atom stereocenters. The number of amides is 2. The number of ether oxygens (including phenoxy) is 2. The number of para-hydroxylation sites is 1. The number of piperidine rings is 1. The zero-order chi connectivity index (χ0) is 23.4. The van der Waals surface area contributed by atoms with Crippen LogP contribution in [0.3, 0.4) is 0 Å². The summed E-state index contributed by atoms with van der Waals surface area (Å²) in [5.74, 6) is -0.0422. The molecule has 1 aromatic heterocycles. The van der Waals surface area contributed by atoms with Crippen molar-refractivity contribution in [1.29, 1.82) is 0 Å². The van der Waals surface area contributed by atoms with Crippen molar-refractivity contribution in [2.45, 2.75) is 25.7 Å². The van der Waals surface area contributed by atoms with E-state index < -0.39 is 5.82 Å². The van der Waals surface area contributed by atoms with Gasteiger partial charge in [-0.25, -0.2) is 9.37 Å².